The van der Waals surface area contributed by atoms with Crippen LogP contribution >= 0.6 is 0 Å². The van der Waals surface area contributed by atoms with Crippen molar-refractivity contribution in [1.82, 2.24) is 0 Å². The second-order valence-corrected chi connectivity index (χ2v) is 6.03. The van der Waals surface area contributed by atoms with E-state index in [1.807, 2.05) is 18.2 Å². The van der Waals surface area contributed by atoms with Gasteiger partial charge in [-0.15, -0.1) is 0 Å². The van der Waals surface area contributed by atoms with Gasteiger partial charge in [-0.25, -0.2) is 9.59 Å². The molecule has 1 aromatic rings. The molecule has 2 aliphatic rings. The van der Waals surface area contributed by atoms with E-state index in [4.69, 9.17) is 9.47 Å². The van der Waals surface area contributed by atoms with Gasteiger partial charge in [0.25, 0.3) is 0 Å². The van der Waals surface area contributed by atoms with Gasteiger partial charge in [0.15, 0.2) is 0 Å². The highest BCUT2D eigenvalue weighted by Crippen LogP contribution is 2.30. The quantitative estimate of drug-likeness (QED) is 0.775. The van der Waals surface area contributed by atoms with Gasteiger partial charge in [-0.05, 0) is 43.2 Å². The lowest BCUT2D eigenvalue weighted by molar-refractivity contribution is -0.139. The van der Waals surface area contributed by atoms with Crippen LogP contribution in [0.4, 0.5) is 11.4 Å². The Bertz CT molecular complexity index is 789. The number of carbonyl (C=O) groups is 2. The average molecular weight is 354 g/mol. The fourth-order valence-corrected chi connectivity index (χ4v) is 3.18. The Kier molecular flexibility index (Phi) is 5.41. The minimum Gasteiger partial charge on any atom is -0.465 e. The van der Waals surface area contributed by atoms with Crippen LogP contribution in [0.1, 0.15) is 12.8 Å². The van der Waals surface area contributed by atoms with Gasteiger partial charge < -0.3 is 19.3 Å². The molecule has 0 spiro atoms. The van der Waals surface area contributed by atoms with Crippen molar-refractivity contribution in [2.75, 3.05) is 37.1 Å². The molecule has 0 radical (unpaired) electrons. The third kappa shape index (κ3) is 3.49. The number of benzene rings is 1. The molecular weight excluding hydrogens is 332 g/mol. The standard InChI is InChI=1S/C20H22N2O4/c1-25-19(23)17-10-3-4-13-22(18(17)20(24)26-2)16-9-7-8-15(14-16)21-11-5-6-12-21/h3-4,7-10,13-14H,5-6,11-12H2,1-2H3. The summed E-state index contributed by atoms with van der Waals surface area (Å²) in [4.78, 5) is 28.6. The van der Waals surface area contributed by atoms with Crippen molar-refractivity contribution in [2.45, 2.75) is 12.8 Å². The van der Waals surface area contributed by atoms with Crippen LogP contribution in [0.25, 0.3) is 0 Å². The van der Waals surface area contributed by atoms with Crippen LogP contribution in [0, 0.1) is 0 Å². The van der Waals surface area contributed by atoms with Crippen LogP contribution in [0.15, 0.2) is 60.0 Å². The molecule has 2 heterocycles. The first kappa shape index (κ1) is 17.8. The second-order valence-electron chi connectivity index (χ2n) is 6.03. The molecule has 6 heteroatoms. The zero-order valence-corrected chi connectivity index (χ0v) is 15.0. The summed E-state index contributed by atoms with van der Waals surface area (Å²) in [5, 5.41) is 0. The monoisotopic (exact) mass is 354 g/mol. The Balaban J connectivity index is 2.07. The summed E-state index contributed by atoms with van der Waals surface area (Å²) < 4.78 is 9.77. The lowest BCUT2D eigenvalue weighted by atomic mass is 10.1. The molecule has 26 heavy (non-hydrogen) atoms. The summed E-state index contributed by atoms with van der Waals surface area (Å²) in [5.41, 5.74) is 2.14. The second kappa shape index (κ2) is 7.91. The van der Waals surface area contributed by atoms with Crippen LogP contribution in [0.3, 0.4) is 0 Å². The third-order valence-electron chi connectivity index (χ3n) is 4.47. The molecule has 0 aliphatic carbocycles. The minimum atomic E-state index is -0.604. The van der Waals surface area contributed by atoms with Gasteiger partial charge in [-0.2, -0.15) is 0 Å². The third-order valence-corrected chi connectivity index (χ3v) is 4.47. The summed E-state index contributed by atoms with van der Waals surface area (Å²) in [5.74, 6) is -1.20. The van der Waals surface area contributed by atoms with E-state index in [2.05, 4.69) is 11.0 Å². The van der Waals surface area contributed by atoms with E-state index in [0.717, 1.165) is 24.5 Å². The van der Waals surface area contributed by atoms with Crippen molar-refractivity contribution in [3.8, 4) is 0 Å². The number of hydrogen-bond acceptors (Lipinski definition) is 6. The average Bonchev–Trinajstić information content (AvgIpc) is 3.13. The molecule has 1 aromatic carbocycles. The first-order chi connectivity index (χ1) is 12.7. The van der Waals surface area contributed by atoms with E-state index < -0.39 is 11.9 Å². The van der Waals surface area contributed by atoms with Gasteiger partial charge >= 0.3 is 11.9 Å². The number of allylic oxidation sites excluding steroid dienone is 2. The molecule has 0 saturated carbocycles. The van der Waals surface area contributed by atoms with E-state index in [9.17, 15) is 9.59 Å². The molecule has 3 rings (SSSR count). The Hall–Kier alpha value is -3.02. The highest BCUT2D eigenvalue weighted by Gasteiger charge is 2.27. The summed E-state index contributed by atoms with van der Waals surface area (Å²) in [6, 6.07) is 7.91. The smallest absolute Gasteiger partial charge is 0.355 e. The van der Waals surface area contributed by atoms with E-state index in [1.165, 1.54) is 27.1 Å². The summed E-state index contributed by atoms with van der Waals surface area (Å²) in [6.07, 6.45) is 9.11. The molecule has 136 valence electrons. The lowest BCUT2D eigenvalue weighted by Crippen LogP contribution is -2.27. The largest absolute Gasteiger partial charge is 0.465 e. The molecule has 0 aromatic heterocycles. The summed E-state index contributed by atoms with van der Waals surface area (Å²) in [7, 11) is 2.58. The number of rotatable bonds is 4. The number of nitrogens with zero attached hydrogens (tertiary/aromatic N) is 2. The first-order valence-electron chi connectivity index (χ1n) is 8.55. The molecule has 0 bridgehead atoms. The Morgan fingerprint density at radius 3 is 2.35 bits per heavy atom. The van der Waals surface area contributed by atoms with E-state index in [-0.39, 0.29) is 11.3 Å². The number of anilines is 2. The number of methoxy groups -OCH3 is 2. The normalized spacial score (nSPS) is 16.7. The maximum absolute atomic E-state index is 12.5. The van der Waals surface area contributed by atoms with E-state index in [0.29, 0.717) is 0 Å². The fraction of sp³-hybridized carbons (Fsp3) is 0.300. The molecule has 1 saturated heterocycles. The Labute approximate surface area is 153 Å². The van der Waals surface area contributed by atoms with Crippen LogP contribution in [0.2, 0.25) is 0 Å². The van der Waals surface area contributed by atoms with Gasteiger partial charge in [0.05, 0.1) is 19.8 Å². The minimum absolute atomic E-state index is 0.128. The molecule has 0 atom stereocenters. The maximum atomic E-state index is 12.5. The van der Waals surface area contributed by atoms with Gasteiger partial charge in [-0.3, -0.25) is 0 Å². The van der Waals surface area contributed by atoms with Crippen molar-refractivity contribution in [1.29, 1.82) is 0 Å². The van der Waals surface area contributed by atoms with Gasteiger partial charge in [0.1, 0.15) is 5.70 Å². The number of hydrogen-bond donors (Lipinski definition) is 0. The first-order valence-corrected chi connectivity index (χ1v) is 8.55. The molecule has 2 aliphatic heterocycles. The topological polar surface area (TPSA) is 59.1 Å². The van der Waals surface area contributed by atoms with Crippen molar-refractivity contribution < 1.29 is 19.1 Å². The Morgan fingerprint density at radius 1 is 0.962 bits per heavy atom. The SMILES string of the molecule is COC(=O)C1=C(C(=O)OC)N(c2cccc(N3CCCC3)c2)C=CC=C1. The van der Waals surface area contributed by atoms with Crippen molar-refractivity contribution in [3.05, 3.63) is 60.0 Å². The summed E-state index contributed by atoms with van der Waals surface area (Å²) in [6.45, 7) is 2.04. The molecule has 0 N–H and O–H groups in total. The zero-order chi connectivity index (χ0) is 18.5. The van der Waals surface area contributed by atoms with Crippen molar-refractivity contribution in [3.63, 3.8) is 0 Å². The van der Waals surface area contributed by atoms with Crippen LogP contribution < -0.4 is 9.80 Å². The number of ether oxygens (including phenoxy) is 2. The van der Waals surface area contributed by atoms with Crippen molar-refractivity contribution >= 4 is 23.3 Å². The Morgan fingerprint density at radius 2 is 1.65 bits per heavy atom. The molecule has 6 nitrogen and oxygen atoms in total. The lowest BCUT2D eigenvalue weighted by Gasteiger charge is -2.25. The predicted octanol–water partition coefficient (Wildman–Crippen LogP) is 2.78. The van der Waals surface area contributed by atoms with Gasteiger partial charge in [-0.1, -0.05) is 12.1 Å². The predicted molar refractivity (Wildman–Crippen MR) is 99.7 cm³/mol. The van der Waals surface area contributed by atoms with Crippen LogP contribution in [0.5, 0.6) is 0 Å². The fourth-order valence-electron chi connectivity index (χ4n) is 3.18. The summed E-state index contributed by atoms with van der Waals surface area (Å²) >= 11 is 0. The number of esters is 2. The van der Waals surface area contributed by atoms with Crippen LogP contribution in [-0.2, 0) is 19.1 Å². The molecule has 0 amide bonds. The maximum Gasteiger partial charge on any atom is 0.355 e. The molecular formula is C20H22N2O4. The number of carbonyl (C=O) groups excluding carboxylic acids is 2. The van der Waals surface area contributed by atoms with E-state index >= 15 is 0 Å². The van der Waals surface area contributed by atoms with E-state index in [1.54, 1.807) is 29.3 Å². The van der Waals surface area contributed by atoms with Crippen LogP contribution in [-0.4, -0.2) is 39.2 Å². The molecule has 1 fully saturated rings. The van der Waals surface area contributed by atoms with Gasteiger partial charge in [0, 0.05) is 30.7 Å². The van der Waals surface area contributed by atoms with Crippen molar-refractivity contribution in [2.24, 2.45) is 0 Å². The highest BCUT2D eigenvalue weighted by atomic mass is 16.5. The molecule has 0 unspecified atom stereocenters. The zero-order valence-electron chi connectivity index (χ0n) is 15.0. The highest BCUT2D eigenvalue weighted by molar-refractivity contribution is 6.05. The van der Waals surface area contributed by atoms with Gasteiger partial charge in [0.2, 0.25) is 0 Å².